The van der Waals surface area contributed by atoms with E-state index in [1.807, 2.05) is 24.3 Å². The number of carbonyl (C=O) groups excluding carboxylic acids is 1. The zero-order valence-corrected chi connectivity index (χ0v) is 17.0. The van der Waals surface area contributed by atoms with Gasteiger partial charge in [-0.15, -0.1) is 11.3 Å². The average molecular weight is 405 g/mol. The molecule has 1 fully saturated rings. The first kappa shape index (κ1) is 19.8. The zero-order valence-electron chi connectivity index (χ0n) is 15.3. The molecule has 3 rings (SSSR count). The van der Waals surface area contributed by atoms with E-state index in [9.17, 15) is 4.79 Å². The molecular formula is C20H24N2O3S2. The molecule has 1 aliphatic rings. The van der Waals surface area contributed by atoms with Crippen LogP contribution in [0.2, 0.25) is 0 Å². The number of hydrogen-bond donors (Lipinski definition) is 2. The predicted octanol–water partition coefficient (Wildman–Crippen LogP) is 3.98. The molecule has 2 heterocycles. The lowest BCUT2D eigenvalue weighted by atomic mass is 10.1. The summed E-state index contributed by atoms with van der Waals surface area (Å²) in [5.41, 5.74) is 1.72. The maximum Gasteiger partial charge on any atom is 0.341 e. The molecule has 144 valence electrons. The van der Waals surface area contributed by atoms with Crippen molar-refractivity contribution < 1.29 is 14.3 Å². The van der Waals surface area contributed by atoms with Crippen molar-refractivity contribution in [2.45, 2.75) is 32.3 Å². The van der Waals surface area contributed by atoms with Crippen molar-refractivity contribution in [1.29, 1.82) is 0 Å². The minimum atomic E-state index is -0.336. The highest BCUT2D eigenvalue weighted by Gasteiger charge is 2.19. The minimum absolute atomic E-state index is 0.200. The van der Waals surface area contributed by atoms with Gasteiger partial charge in [0.15, 0.2) is 5.11 Å². The smallest absolute Gasteiger partial charge is 0.341 e. The molecule has 2 aromatic rings. The Morgan fingerprint density at radius 2 is 2.19 bits per heavy atom. The number of hydrogen-bond acceptors (Lipinski definition) is 5. The van der Waals surface area contributed by atoms with Crippen LogP contribution in [-0.4, -0.2) is 36.9 Å². The fourth-order valence-electron chi connectivity index (χ4n) is 2.94. The van der Waals surface area contributed by atoms with Crippen LogP contribution >= 0.6 is 23.6 Å². The van der Waals surface area contributed by atoms with Crippen molar-refractivity contribution in [3.8, 4) is 0 Å². The lowest BCUT2D eigenvalue weighted by Crippen LogP contribution is -2.34. The van der Waals surface area contributed by atoms with Gasteiger partial charge >= 0.3 is 5.97 Å². The molecule has 0 aliphatic carbocycles. The number of benzene rings is 1. The van der Waals surface area contributed by atoms with Gasteiger partial charge in [-0.25, -0.2) is 4.79 Å². The largest absolute Gasteiger partial charge is 0.462 e. The summed E-state index contributed by atoms with van der Waals surface area (Å²) in [4.78, 5) is 13.4. The summed E-state index contributed by atoms with van der Waals surface area (Å²) in [6.07, 6.45) is 3.10. The first-order chi connectivity index (χ1) is 13.2. The van der Waals surface area contributed by atoms with Gasteiger partial charge in [0, 0.05) is 24.4 Å². The molecule has 1 aromatic carbocycles. The van der Waals surface area contributed by atoms with Gasteiger partial charge in [0.2, 0.25) is 0 Å². The molecule has 7 heteroatoms. The standard InChI is InChI=1S/C20H24N2O3S2/c1-2-24-19(23)17-12-16(11-14-7-4-3-5-8-14)27-18(17)22-20(26)21-13-15-9-6-10-25-15/h3-5,7-8,12,15H,2,6,9-11,13H2,1H3,(H2,21,22,26)/t15-/m1/s1. The lowest BCUT2D eigenvalue weighted by Gasteiger charge is -2.14. The summed E-state index contributed by atoms with van der Waals surface area (Å²) in [5, 5.41) is 7.54. The highest BCUT2D eigenvalue weighted by molar-refractivity contribution is 7.80. The number of carbonyl (C=O) groups is 1. The van der Waals surface area contributed by atoms with E-state index >= 15 is 0 Å². The number of anilines is 1. The summed E-state index contributed by atoms with van der Waals surface area (Å²) >= 11 is 6.92. The first-order valence-corrected chi connectivity index (χ1v) is 10.4. The highest BCUT2D eigenvalue weighted by Crippen LogP contribution is 2.30. The van der Waals surface area contributed by atoms with Crippen LogP contribution < -0.4 is 10.6 Å². The van der Waals surface area contributed by atoms with Crippen LogP contribution in [0.5, 0.6) is 0 Å². The summed E-state index contributed by atoms with van der Waals surface area (Å²) in [6.45, 7) is 3.62. The van der Waals surface area contributed by atoms with Gasteiger partial charge in [0.05, 0.1) is 18.3 Å². The summed E-state index contributed by atoms with van der Waals surface area (Å²) < 4.78 is 10.8. The maximum absolute atomic E-state index is 12.3. The van der Waals surface area contributed by atoms with Gasteiger partial charge in [0.1, 0.15) is 5.00 Å². The van der Waals surface area contributed by atoms with Crippen molar-refractivity contribution in [2.24, 2.45) is 0 Å². The minimum Gasteiger partial charge on any atom is -0.462 e. The Balaban J connectivity index is 1.68. The third-order valence-corrected chi connectivity index (χ3v) is 5.54. The molecule has 1 aromatic heterocycles. The number of esters is 1. The van der Waals surface area contributed by atoms with E-state index in [1.54, 1.807) is 6.92 Å². The molecule has 0 amide bonds. The number of rotatable bonds is 7. The van der Waals surface area contributed by atoms with E-state index in [1.165, 1.54) is 16.9 Å². The van der Waals surface area contributed by atoms with E-state index in [4.69, 9.17) is 21.7 Å². The first-order valence-electron chi connectivity index (χ1n) is 9.16. The molecule has 1 aliphatic heterocycles. The fraction of sp³-hybridized carbons (Fsp3) is 0.400. The van der Waals surface area contributed by atoms with Crippen LogP contribution in [0.15, 0.2) is 36.4 Å². The van der Waals surface area contributed by atoms with Crippen molar-refractivity contribution in [1.82, 2.24) is 5.32 Å². The number of nitrogens with one attached hydrogen (secondary N) is 2. The second-order valence-corrected chi connectivity index (χ2v) is 7.85. The molecular weight excluding hydrogens is 380 g/mol. The molecule has 0 spiro atoms. The van der Waals surface area contributed by atoms with Gasteiger partial charge < -0.3 is 20.1 Å². The van der Waals surface area contributed by atoms with Gasteiger partial charge in [-0.3, -0.25) is 0 Å². The number of thiophene rings is 1. The van der Waals surface area contributed by atoms with Crippen molar-refractivity contribution in [3.63, 3.8) is 0 Å². The lowest BCUT2D eigenvalue weighted by molar-refractivity contribution is 0.0528. The second kappa shape index (κ2) is 9.82. The molecule has 1 saturated heterocycles. The second-order valence-electron chi connectivity index (χ2n) is 6.31. The van der Waals surface area contributed by atoms with Gasteiger partial charge in [0.25, 0.3) is 0 Å². The van der Waals surface area contributed by atoms with Crippen LogP contribution in [0.3, 0.4) is 0 Å². The molecule has 0 saturated carbocycles. The highest BCUT2D eigenvalue weighted by atomic mass is 32.1. The molecule has 0 unspecified atom stereocenters. The molecule has 1 atom stereocenters. The van der Waals surface area contributed by atoms with Crippen LogP contribution in [0.4, 0.5) is 5.00 Å². The summed E-state index contributed by atoms with van der Waals surface area (Å²) in [5.74, 6) is -0.336. The Bertz CT molecular complexity index is 771. The summed E-state index contributed by atoms with van der Waals surface area (Å²) in [7, 11) is 0. The maximum atomic E-state index is 12.3. The van der Waals surface area contributed by atoms with Crippen LogP contribution in [0.1, 0.15) is 40.6 Å². The molecule has 5 nitrogen and oxygen atoms in total. The number of ether oxygens (including phenoxy) is 2. The van der Waals surface area contributed by atoms with Crippen molar-refractivity contribution in [2.75, 3.05) is 25.1 Å². The number of thiocarbonyl (C=S) groups is 1. The molecule has 0 bridgehead atoms. The third kappa shape index (κ3) is 5.76. The summed E-state index contributed by atoms with van der Waals surface area (Å²) in [6, 6.07) is 12.1. The third-order valence-electron chi connectivity index (χ3n) is 4.24. The molecule has 0 radical (unpaired) electrons. The SMILES string of the molecule is CCOC(=O)c1cc(Cc2ccccc2)sc1NC(=S)NC[C@H]1CCCO1. The van der Waals surface area contributed by atoms with E-state index < -0.39 is 0 Å². The molecule has 27 heavy (non-hydrogen) atoms. The molecule has 2 N–H and O–H groups in total. The average Bonchev–Trinajstić information content (AvgIpc) is 3.31. The normalized spacial score (nSPS) is 16.1. The topological polar surface area (TPSA) is 59.6 Å². The predicted molar refractivity (Wildman–Crippen MR) is 113 cm³/mol. The Morgan fingerprint density at radius 3 is 2.89 bits per heavy atom. The van der Waals surface area contributed by atoms with E-state index in [0.29, 0.717) is 28.8 Å². The van der Waals surface area contributed by atoms with Crippen LogP contribution in [0.25, 0.3) is 0 Å². The quantitative estimate of drug-likeness (QED) is 0.538. The Morgan fingerprint density at radius 1 is 1.37 bits per heavy atom. The van der Waals surface area contributed by atoms with Gasteiger partial charge in [-0.05, 0) is 43.6 Å². The van der Waals surface area contributed by atoms with Gasteiger partial charge in [-0.2, -0.15) is 0 Å². The fourth-order valence-corrected chi connectivity index (χ4v) is 4.27. The van der Waals surface area contributed by atoms with Crippen molar-refractivity contribution in [3.05, 3.63) is 52.4 Å². The monoisotopic (exact) mass is 404 g/mol. The van der Waals surface area contributed by atoms with E-state index in [-0.39, 0.29) is 12.1 Å². The van der Waals surface area contributed by atoms with Gasteiger partial charge in [-0.1, -0.05) is 30.3 Å². The van der Waals surface area contributed by atoms with Crippen molar-refractivity contribution >= 4 is 39.6 Å². The van der Waals surface area contributed by atoms with E-state index in [2.05, 4.69) is 22.8 Å². The van der Waals surface area contributed by atoms with E-state index in [0.717, 1.165) is 30.7 Å². The Hall–Kier alpha value is -1.96. The Kier molecular flexibility index (Phi) is 7.20. The Labute approximate surface area is 169 Å². The van der Waals surface area contributed by atoms with Crippen LogP contribution in [0, 0.1) is 0 Å². The zero-order chi connectivity index (χ0) is 19.1. The van der Waals surface area contributed by atoms with Crippen LogP contribution in [-0.2, 0) is 15.9 Å².